The molecule has 3 aromatic carbocycles. The molecule has 122 valence electrons. The summed E-state index contributed by atoms with van der Waals surface area (Å²) in [7, 11) is 0. The lowest BCUT2D eigenvalue weighted by Crippen LogP contribution is -2.10. The van der Waals surface area contributed by atoms with E-state index in [1.165, 1.54) is 11.1 Å². The van der Waals surface area contributed by atoms with Crippen LogP contribution in [-0.2, 0) is 0 Å². The summed E-state index contributed by atoms with van der Waals surface area (Å²) in [5.41, 5.74) is 8.29. The first-order chi connectivity index (χ1) is 11.6. The molecule has 3 heteroatoms. The van der Waals surface area contributed by atoms with Gasteiger partial charge in [-0.3, -0.25) is 4.79 Å². The fraction of sp³-hybridized carbons (Fsp3) is 0.0952. The minimum absolute atomic E-state index is 0.396. The molecule has 2 N–H and O–H groups in total. The molecule has 0 fully saturated rings. The van der Waals surface area contributed by atoms with Crippen LogP contribution in [0.3, 0.4) is 0 Å². The van der Waals surface area contributed by atoms with Crippen molar-refractivity contribution in [2.75, 3.05) is 0 Å². The minimum Gasteiger partial charge on any atom is -0.366 e. The first-order valence-electron chi connectivity index (χ1n) is 7.73. The van der Waals surface area contributed by atoms with E-state index in [9.17, 15) is 4.79 Å². The Hall–Kier alpha value is -2.39. The normalized spacial score (nSPS) is 9.96. The number of hydrogen-bond acceptors (Lipinski definition) is 1. The van der Waals surface area contributed by atoms with Crippen molar-refractivity contribution in [2.24, 2.45) is 5.73 Å². The maximum atomic E-state index is 10.5. The highest BCUT2D eigenvalue weighted by atomic mass is 79.9. The smallest absolute Gasteiger partial charge is 0.248 e. The molecule has 0 saturated carbocycles. The molecule has 24 heavy (non-hydrogen) atoms. The van der Waals surface area contributed by atoms with E-state index in [1.807, 2.05) is 0 Å². The van der Waals surface area contributed by atoms with Gasteiger partial charge in [0.1, 0.15) is 0 Å². The highest BCUT2D eigenvalue weighted by Crippen LogP contribution is 2.22. The number of amides is 1. The van der Waals surface area contributed by atoms with Crippen molar-refractivity contribution in [1.29, 1.82) is 0 Å². The van der Waals surface area contributed by atoms with Crippen molar-refractivity contribution >= 4 is 21.8 Å². The van der Waals surface area contributed by atoms with Crippen molar-refractivity contribution in [1.82, 2.24) is 0 Å². The Labute approximate surface area is 151 Å². The van der Waals surface area contributed by atoms with Gasteiger partial charge in [-0.1, -0.05) is 83.5 Å². The molecule has 3 aromatic rings. The zero-order valence-corrected chi connectivity index (χ0v) is 15.1. The summed E-state index contributed by atoms with van der Waals surface area (Å²) in [6.45, 7) is 2.24. The summed E-state index contributed by atoms with van der Waals surface area (Å²) >= 11 is 3.24. The standard InChI is InChI=1S/C14H14.C7H6BrNO/c1-12(13-8-4-2-5-9-13)14-10-6-3-7-11-14;8-6-3-1-5(2-4-6)7(9)10/h2-12H,1H3;1-4H,(H2,9,10). The Bertz CT molecular complexity index is 715. The number of primary amides is 1. The lowest BCUT2D eigenvalue weighted by atomic mass is 9.93. The quantitative estimate of drug-likeness (QED) is 0.649. The van der Waals surface area contributed by atoms with Crippen LogP contribution in [0.2, 0.25) is 0 Å². The Morgan fingerprint density at radius 3 is 1.58 bits per heavy atom. The first kappa shape index (κ1) is 18.0. The predicted molar refractivity (Wildman–Crippen MR) is 103 cm³/mol. The second-order valence-corrected chi connectivity index (χ2v) is 6.33. The summed E-state index contributed by atoms with van der Waals surface area (Å²) in [5, 5.41) is 0. The molecule has 0 unspecified atom stereocenters. The minimum atomic E-state index is -0.396. The van der Waals surface area contributed by atoms with E-state index in [0.29, 0.717) is 11.5 Å². The van der Waals surface area contributed by atoms with Gasteiger partial charge in [-0.25, -0.2) is 0 Å². The van der Waals surface area contributed by atoms with Crippen molar-refractivity contribution in [3.63, 3.8) is 0 Å². The molecule has 0 heterocycles. The number of halogens is 1. The van der Waals surface area contributed by atoms with Crippen LogP contribution in [0.25, 0.3) is 0 Å². The van der Waals surface area contributed by atoms with Gasteiger partial charge in [-0.15, -0.1) is 0 Å². The van der Waals surface area contributed by atoms with E-state index < -0.39 is 5.91 Å². The van der Waals surface area contributed by atoms with Crippen LogP contribution in [0.15, 0.2) is 89.4 Å². The molecule has 0 radical (unpaired) electrons. The zero-order chi connectivity index (χ0) is 17.4. The van der Waals surface area contributed by atoms with E-state index >= 15 is 0 Å². The van der Waals surface area contributed by atoms with Crippen LogP contribution in [0.1, 0.15) is 34.3 Å². The van der Waals surface area contributed by atoms with Gasteiger partial charge in [0.25, 0.3) is 0 Å². The lowest BCUT2D eigenvalue weighted by Gasteiger charge is -2.11. The molecule has 0 atom stereocenters. The Kier molecular flexibility index (Phi) is 6.76. The number of carbonyl (C=O) groups is 1. The number of rotatable bonds is 3. The fourth-order valence-electron chi connectivity index (χ4n) is 2.29. The molecule has 1 amide bonds. The van der Waals surface area contributed by atoms with Crippen LogP contribution in [-0.4, -0.2) is 5.91 Å². The van der Waals surface area contributed by atoms with E-state index in [4.69, 9.17) is 5.73 Å². The van der Waals surface area contributed by atoms with Crippen molar-refractivity contribution in [3.8, 4) is 0 Å². The third-order valence-corrected chi connectivity index (χ3v) is 4.26. The average Bonchev–Trinajstić information content (AvgIpc) is 2.63. The molecule has 0 saturated heterocycles. The summed E-state index contributed by atoms with van der Waals surface area (Å²) < 4.78 is 0.942. The Balaban J connectivity index is 0.000000185. The predicted octanol–water partition coefficient (Wildman–Crippen LogP) is 5.39. The third kappa shape index (κ3) is 5.36. The monoisotopic (exact) mass is 381 g/mol. The van der Waals surface area contributed by atoms with Gasteiger partial charge in [-0.05, 0) is 35.4 Å². The molecular formula is C21H20BrNO. The van der Waals surface area contributed by atoms with Crippen LogP contribution < -0.4 is 5.73 Å². The topological polar surface area (TPSA) is 43.1 Å². The van der Waals surface area contributed by atoms with Crippen molar-refractivity contribution < 1.29 is 4.79 Å². The Morgan fingerprint density at radius 2 is 1.21 bits per heavy atom. The maximum absolute atomic E-state index is 10.5. The highest BCUT2D eigenvalue weighted by molar-refractivity contribution is 9.10. The molecule has 0 bridgehead atoms. The maximum Gasteiger partial charge on any atom is 0.248 e. The summed E-state index contributed by atoms with van der Waals surface area (Å²) in [6.07, 6.45) is 0. The molecule has 0 aliphatic carbocycles. The van der Waals surface area contributed by atoms with Gasteiger partial charge in [0.2, 0.25) is 5.91 Å². The molecule has 0 spiro atoms. The average molecular weight is 382 g/mol. The number of hydrogen-bond donors (Lipinski definition) is 1. The summed E-state index contributed by atoms with van der Waals surface area (Å²) in [5.74, 6) is 0.0879. The van der Waals surface area contributed by atoms with Gasteiger partial charge in [0, 0.05) is 16.0 Å². The van der Waals surface area contributed by atoms with E-state index in [-0.39, 0.29) is 0 Å². The SMILES string of the molecule is CC(c1ccccc1)c1ccccc1.NC(=O)c1ccc(Br)cc1. The molecule has 0 aliphatic heterocycles. The Morgan fingerprint density at radius 1 is 0.792 bits per heavy atom. The largest absolute Gasteiger partial charge is 0.366 e. The molecule has 2 nitrogen and oxygen atoms in total. The van der Waals surface area contributed by atoms with Crippen LogP contribution in [0.4, 0.5) is 0 Å². The number of benzene rings is 3. The van der Waals surface area contributed by atoms with Crippen molar-refractivity contribution in [2.45, 2.75) is 12.8 Å². The number of carbonyl (C=O) groups excluding carboxylic acids is 1. The third-order valence-electron chi connectivity index (χ3n) is 3.73. The van der Waals surface area contributed by atoms with Crippen LogP contribution >= 0.6 is 15.9 Å². The van der Waals surface area contributed by atoms with Crippen LogP contribution in [0, 0.1) is 0 Å². The fourth-order valence-corrected chi connectivity index (χ4v) is 2.55. The van der Waals surface area contributed by atoms with E-state index in [1.54, 1.807) is 24.3 Å². The van der Waals surface area contributed by atoms with Gasteiger partial charge < -0.3 is 5.73 Å². The summed E-state index contributed by atoms with van der Waals surface area (Å²) in [4.78, 5) is 10.5. The molecule has 0 aromatic heterocycles. The molecule has 3 rings (SSSR count). The van der Waals surface area contributed by atoms with E-state index in [2.05, 4.69) is 83.5 Å². The highest BCUT2D eigenvalue weighted by Gasteiger charge is 2.05. The first-order valence-corrected chi connectivity index (χ1v) is 8.52. The second-order valence-electron chi connectivity index (χ2n) is 5.41. The number of nitrogens with two attached hydrogens (primary N) is 1. The molecular weight excluding hydrogens is 362 g/mol. The van der Waals surface area contributed by atoms with Gasteiger partial charge >= 0.3 is 0 Å². The zero-order valence-electron chi connectivity index (χ0n) is 13.5. The van der Waals surface area contributed by atoms with Gasteiger partial charge in [0.15, 0.2) is 0 Å². The van der Waals surface area contributed by atoms with Gasteiger partial charge in [0.05, 0.1) is 0 Å². The molecule has 0 aliphatic rings. The van der Waals surface area contributed by atoms with Gasteiger partial charge in [-0.2, -0.15) is 0 Å². The van der Waals surface area contributed by atoms with Crippen LogP contribution in [0.5, 0.6) is 0 Å². The summed E-state index contributed by atoms with van der Waals surface area (Å²) in [6, 6.07) is 28.1. The van der Waals surface area contributed by atoms with E-state index in [0.717, 1.165) is 4.47 Å². The van der Waals surface area contributed by atoms with Crippen molar-refractivity contribution in [3.05, 3.63) is 106 Å². The second kappa shape index (κ2) is 9.04. The lowest BCUT2D eigenvalue weighted by molar-refractivity contribution is 0.100.